The van der Waals surface area contributed by atoms with E-state index < -0.39 is 0 Å². The molecule has 3 aliphatic rings. The first-order chi connectivity index (χ1) is 17.8. The average Bonchev–Trinajstić information content (AvgIpc) is 3.67. The zero-order valence-electron chi connectivity index (χ0n) is 20.4. The first kappa shape index (κ1) is 21.4. The van der Waals surface area contributed by atoms with Crippen LogP contribution in [0.4, 0.5) is 0 Å². The van der Waals surface area contributed by atoms with Crippen LogP contribution in [0.15, 0.2) is 54.6 Å². The van der Waals surface area contributed by atoms with Gasteiger partial charge in [0.1, 0.15) is 0 Å². The van der Waals surface area contributed by atoms with Crippen LogP contribution in [0.1, 0.15) is 53.0 Å². The molecular formula is C30H30N6. The van der Waals surface area contributed by atoms with Crippen LogP contribution >= 0.6 is 0 Å². The third-order valence-electron chi connectivity index (χ3n) is 7.84. The number of rotatable bonds is 0. The van der Waals surface area contributed by atoms with E-state index in [4.69, 9.17) is 0 Å². The Bertz CT molecular complexity index is 1480. The van der Waals surface area contributed by atoms with Crippen LogP contribution < -0.4 is 0 Å². The van der Waals surface area contributed by atoms with Gasteiger partial charge in [-0.3, -0.25) is 15.3 Å². The molecule has 0 aliphatic heterocycles. The van der Waals surface area contributed by atoms with Crippen molar-refractivity contribution in [3.05, 3.63) is 88.4 Å². The molecule has 3 heterocycles. The lowest BCUT2D eigenvalue weighted by atomic mass is 9.95. The highest BCUT2D eigenvalue weighted by Crippen LogP contribution is 2.29. The maximum absolute atomic E-state index is 4.27. The molecule has 3 N–H and O–H groups in total. The number of nitrogens with one attached hydrogen (secondary N) is 3. The van der Waals surface area contributed by atoms with Crippen molar-refractivity contribution in [3.63, 3.8) is 0 Å². The largest absolute Gasteiger partial charge is 0.281 e. The Labute approximate surface area is 209 Å². The van der Waals surface area contributed by atoms with Crippen molar-refractivity contribution in [3.8, 4) is 0 Å². The molecule has 0 amide bonds. The fourth-order valence-corrected chi connectivity index (χ4v) is 6.17. The highest BCUT2D eigenvalue weighted by atomic mass is 15.1. The Morgan fingerprint density at radius 2 is 0.750 bits per heavy atom. The molecule has 0 fully saturated rings. The minimum absolute atomic E-state index is 1.13. The maximum atomic E-state index is 4.27. The highest BCUT2D eigenvalue weighted by Gasteiger charge is 2.15. The first-order valence-electron chi connectivity index (χ1n) is 13.2. The smallest absolute Gasteiger partial charge is 0.0926 e. The second-order valence-electron chi connectivity index (χ2n) is 10.1. The van der Waals surface area contributed by atoms with Gasteiger partial charge in [-0.2, -0.15) is 15.3 Å². The van der Waals surface area contributed by atoms with Gasteiger partial charge >= 0.3 is 0 Å². The lowest BCUT2D eigenvalue weighted by Crippen LogP contribution is -1.98. The minimum Gasteiger partial charge on any atom is -0.281 e. The quantitative estimate of drug-likeness (QED) is 0.247. The van der Waals surface area contributed by atoms with Crippen LogP contribution in [0.2, 0.25) is 0 Å². The SMILES string of the molecule is c1cc2c3c([nH]nc3c1)CCC2.c1cc2c3c([nH]nc3c1)CCC2.c1cc2c3c([nH]nc3c1)CCC2. The van der Waals surface area contributed by atoms with Gasteiger partial charge in [0.15, 0.2) is 0 Å². The first-order valence-corrected chi connectivity index (χ1v) is 13.2. The van der Waals surface area contributed by atoms with Crippen LogP contribution in [0.5, 0.6) is 0 Å². The average molecular weight is 475 g/mol. The molecule has 180 valence electrons. The van der Waals surface area contributed by atoms with Gasteiger partial charge in [0.25, 0.3) is 0 Å². The van der Waals surface area contributed by atoms with Crippen LogP contribution in [0.25, 0.3) is 32.7 Å². The van der Waals surface area contributed by atoms with Crippen molar-refractivity contribution in [1.82, 2.24) is 30.6 Å². The zero-order chi connectivity index (χ0) is 23.9. The third-order valence-corrected chi connectivity index (χ3v) is 7.84. The molecule has 0 radical (unpaired) electrons. The number of benzene rings is 3. The highest BCUT2D eigenvalue weighted by molar-refractivity contribution is 5.87. The Hall–Kier alpha value is -3.93. The van der Waals surface area contributed by atoms with E-state index >= 15 is 0 Å². The van der Waals surface area contributed by atoms with Crippen molar-refractivity contribution >= 4 is 32.7 Å². The molecule has 0 spiro atoms. The second kappa shape index (κ2) is 8.94. The summed E-state index contributed by atoms with van der Waals surface area (Å²) in [5, 5.41) is 26.2. The summed E-state index contributed by atoms with van der Waals surface area (Å²) in [5.41, 5.74) is 11.7. The van der Waals surface area contributed by atoms with E-state index in [1.165, 1.54) is 88.5 Å². The second-order valence-corrected chi connectivity index (χ2v) is 10.1. The zero-order valence-corrected chi connectivity index (χ0v) is 20.4. The number of aryl methyl sites for hydroxylation is 6. The summed E-state index contributed by atoms with van der Waals surface area (Å²) in [4.78, 5) is 0. The summed E-state index contributed by atoms with van der Waals surface area (Å²) in [6, 6.07) is 19.1. The molecule has 3 aromatic heterocycles. The third kappa shape index (κ3) is 3.68. The van der Waals surface area contributed by atoms with E-state index in [0.29, 0.717) is 0 Å². The van der Waals surface area contributed by atoms with Crippen molar-refractivity contribution in [2.24, 2.45) is 0 Å². The number of aromatic nitrogens is 6. The number of hydrogen-bond acceptors (Lipinski definition) is 3. The van der Waals surface area contributed by atoms with E-state index in [1.807, 2.05) is 0 Å². The molecule has 0 atom stereocenters. The molecule has 6 heteroatoms. The van der Waals surface area contributed by atoms with Gasteiger partial charge in [0, 0.05) is 33.2 Å². The standard InChI is InChI=1S/3C10H10N2/c3*1-3-7-4-2-6-9-10(7)8(5-1)11-12-9/h3*1,3,5H,2,4,6H2,(H,11,12). The number of H-pyrrole nitrogens is 3. The number of aromatic amines is 3. The van der Waals surface area contributed by atoms with Crippen LogP contribution in [-0.4, -0.2) is 30.6 Å². The van der Waals surface area contributed by atoms with Gasteiger partial charge in [-0.1, -0.05) is 36.4 Å². The minimum atomic E-state index is 1.13. The van der Waals surface area contributed by atoms with E-state index in [9.17, 15) is 0 Å². The maximum Gasteiger partial charge on any atom is 0.0926 e. The van der Waals surface area contributed by atoms with Crippen molar-refractivity contribution in [2.45, 2.75) is 57.8 Å². The van der Waals surface area contributed by atoms with Gasteiger partial charge in [-0.15, -0.1) is 0 Å². The molecule has 36 heavy (non-hydrogen) atoms. The predicted molar refractivity (Wildman–Crippen MR) is 144 cm³/mol. The summed E-state index contributed by atoms with van der Waals surface area (Å²) < 4.78 is 0. The molecule has 0 saturated carbocycles. The number of hydrogen-bond donors (Lipinski definition) is 3. The molecular weight excluding hydrogens is 444 g/mol. The summed E-state index contributed by atoms with van der Waals surface area (Å²) in [6.45, 7) is 0. The molecule has 6 nitrogen and oxygen atoms in total. The molecule has 0 bridgehead atoms. The molecule has 0 unspecified atom stereocenters. The van der Waals surface area contributed by atoms with Crippen molar-refractivity contribution in [2.75, 3.05) is 0 Å². The van der Waals surface area contributed by atoms with E-state index in [0.717, 1.165) is 35.8 Å². The summed E-state index contributed by atoms with van der Waals surface area (Å²) in [5.74, 6) is 0. The number of nitrogens with zero attached hydrogens (tertiary/aromatic N) is 3. The molecule has 9 rings (SSSR count). The normalized spacial score (nSPS) is 15.3. The molecule has 3 aromatic carbocycles. The lowest BCUT2D eigenvalue weighted by molar-refractivity contribution is 0.782. The fraction of sp³-hybridized carbons (Fsp3) is 0.300. The Morgan fingerprint density at radius 1 is 0.417 bits per heavy atom. The van der Waals surface area contributed by atoms with Gasteiger partial charge in [-0.05, 0) is 92.7 Å². The monoisotopic (exact) mass is 474 g/mol. The van der Waals surface area contributed by atoms with Crippen LogP contribution in [-0.2, 0) is 38.5 Å². The summed E-state index contributed by atoms with van der Waals surface area (Å²) in [6.07, 6.45) is 10.9. The molecule has 3 aliphatic carbocycles. The van der Waals surface area contributed by atoms with E-state index in [-0.39, 0.29) is 0 Å². The Balaban J connectivity index is 0.0000000919. The molecule has 6 aromatic rings. The van der Waals surface area contributed by atoms with Crippen LogP contribution in [0.3, 0.4) is 0 Å². The Kier molecular flexibility index (Phi) is 5.30. The van der Waals surface area contributed by atoms with E-state index in [1.54, 1.807) is 0 Å². The topological polar surface area (TPSA) is 86.0 Å². The van der Waals surface area contributed by atoms with Gasteiger partial charge < -0.3 is 0 Å². The van der Waals surface area contributed by atoms with E-state index in [2.05, 4.69) is 85.2 Å². The summed E-state index contributed by atoms with van der Waals surface area (Å²) >= 11 is 0. The molecule has 0 saturated heterocycles. The fourth-order valence-electron chi connectivity index (χ4n) is 6.17. The van der Waals surface area contributed by atoms with Gasteiger partial charge in [0.2, 0.25) is 0 Å². The van der Waals surface area contributed by atoms with Crippen molar-refractivity contribution in [1.29, 1.82) is 0 Å². The Morgan fingerprint density at radius 3 is 1.08 bits per heavy atom. The van der Waals surface area contributed by atoms with Crippen LogP contribution in [0, 0.1) is 0 Å². The summed E-state index contributed by atoms with van der Waals surface area (Å²) in [7, 11) is 0. The van der Waals surface area contributed by atoms with Gasteiger partial charge in [0.05, 0.1) is 16.6 Å². The lowest BCUT2D eigenvalue weighted by Gasteiger charge is -2.09. The predicted octanol–water partition coefficient (Wildman–Crippen LogP) is 6.15. The van der Waals surface area contributed by atoms with Crippen molar-refractivity contribution < 1.29 is 0 Å². The van der Waals surface area contributed by atoms with Gasteiger partial charge in [-0.25, -0.2) is 0 Å².